The van der Waals surface area contributed by atoms with Crippen LogP contribution in [0.25, 0.3) is 0 Å². The average Bonchev–Trinajstić information content (AvgIpc) is 2.30. The van der Waals surface area contributed by atoms with Crippen LogP contribution < -0.4 is 5.32 Å². The number of benzene rings is 1. The standard InChI is InChI=1S/C12H11F3N2O/c1-2-8(7-16)11(18)17-10-6-4-3-5-9(10)12(13,14)15/h3-6,8H,2H2,1H3,(H,17,18). The Morgan fingerprint density at radius 1 is 1.44 bits per heavy atom. The van der Waals surface area contributed by atoms with Gasteiger partial charge in [0.1, 0.15) is 5.92 Å². The summed E-state index contributed by atoms with van der Waals surface area (Å²) in [5, 5.41) is 10.8. The van der Waals surface area contributed by atoms with E-state index in [1.807, 2.05) is 0 Å². The minimum atomic E-state index is -4.54. The number of amides is 1. The maximum absolute atomic E-state index is 12.6. The SMILES string of the molecule is CCC(C#N)C(=O)Nc1ccccc1C(F)(F)F. The highest BCUT2D eigenvalue weighted by Gasteiger charge is 2.33. The van der Waals surface area contributed by atoms with Crippen molar-refractivity contribution in [2.24, 2.45) is 5.92 Å². The van der Waals surface area contributed by atoms with Crippen molar-refractivity contribution in [3.8, 4) is 6.07 Å². The maximum Gasteiger partial charge on any atom is 0.418 e. The summed E-state index contributed by atoms with van der Waals surface area (Å²) in [5.41, 5.74) is -1.25. The fraction of sp³-hybridized carbons (Fsp3) is 0.333. The van der Waals surface area contributed by atoms with Gasteiger partial charge in [-0.15, -0.1) is 0 Å². The van der Waals surface area contributed by atoms with Crippen molar-refractivity contribution in [2.45, 2.75) is 19.5 Å². The van der Waals surface area contributed by atoms with Crippen LogP contribution in [0.3, 0.4) is 0 Å². The Kier molecular flexibility index (Phi) is 4.32. The molecule has 1 N–H and O–H groups in total. The molecule has 1 atom stereocenters. The van der Waals surface area contributed by atoms with Crippen molar-refractivity contribution in [1.29, 1.82) is 5.26 Å². The van der Waals surface area contributed by atoms with E-state index >= 15 is 0 Å². The molecule has 0 spiro atoms. The second-order valence-corrected chi connectivity index (χ2v) is 3.62. The fourth-order valence-corrected chi connectivity index (χ4v) is 1.39. The predicted octanol–water partition coefficient (Wildman–Crippen LogP) is 3.19. The van der Waals surface area contributed by atoms with Gasteiger partial charge in [0.25, 0.3) is 0 Å². The summed E-state index contributed by atoms with van der Waals surface area (Å²) in [6, 6.07) is 6.40. The van der Waals surface area contributed by atoms with E-state index in [4.69, 9.17) is 5.26 Å². The van der Waals surface area contributed by atoms with Crippen molar-refractivity contribution in [1.82, 2.24) is 0 Å². The van der Waals surface area contributed by atoms with E-state index < -0.39 is 23.6 Å². The van der Waals surface area contributed by atoms with Crippen molar-refractivity contribution < 1.29 is 18.0 Å². The molecular weight excluding hydrogens is 245 g/mol. The number of carbonyl (C=O) groups excluding carboxylic acids is 1. The van der Waals surface area contributed by atoms with Gasteiger partial charge < -0.3 is 5.32 Å². The number of alkyl halides is 3. The number of nitrogens with zero attached hydrogens (tertiary/aromatic N) is 1. The third kappa shape index (κ3) is 3.23. The molecule has 0 aliphatic rings. The van der Waals surface area contributed by atoms with Crippen LogP contribution in [-0.4, -0.2) is 5.91 Å². The zero-order chi connectivity index (χ0) is 13.8. The minimum absolute atomic E-state index is 0.247. The summed E-state index contributed by atoms with van der Waals surface area (Å²) in [4.78, 5) is 11.6. The van der Waals surface area contributed by atoms with Crippen LogP contribution in [0.15, 0.2) is 24.3 Å². The van der Waals surface area contributed by atoms with Gasteiger partial charge in [0.15, 0.2) is 0 Å². The van der Waals surface area contributed by atoms with Crippen molar-refractivity contribution in [3.05, 3.63) is 29.8 Å². The molecule has 6 heteroatoms. The predicted molar refractivity (Wildman–Crippen MR) is 59.5 cm³/mol. The van der Waals surface area contributed by atoms with E-state index in [-0.39, 0.29) is 12.1 Å². The van der Waals surface area contributed by atoms with Gasteiger partial charge >= 0.3 is 6.18 Å². The molecule has 0 fully saturated rings. The monoisotopic (exact) mass is 256 g/mol. The number of para-hydroxylation sites is 1. The van der Waals surface area contributed by atoms with Crippen LogP contribution in [0.4, 0.5) is 18.9 Å². The molecule has 18 heavy (non-hydrogen) atoms. The Morgan fingerprint density at radius 3 is 2.56 bits per heavy atom. The Bertz CT molecular complexity index is 477. The van der Waals surface area contributed by atoms with E-state index in [9.17, 15) is 18.0 Å². The Labute approximate surface area is 102 Å². The topological polar surface area (TPSA) is 52.9 Å². The number of anilines is 1. The molecule has 1 aromatic carbocycles. The van der Waals surface area contributed by atoms with Gasteiger partial charge in [-0.1, -0.05) is 19.1 Å². The molecular formula is C12H11F3N2O. The van der Waals surface area contributed by atoms with Crippen LogP contribution in [0, 0.1) is 17.2 Å². The van der Waals surface area contributed by atoms with E-state index in [1.165, 1.54) is 12.1 Å². The van der Waals surface area contributed by atoms with Gasteiger partial charge in [-0.3, -0.25) is 4.79 Å². The molecule has 0 aromatic heterocycles. The lowest BCUT2D eigenvalue weighted by molar-refractivity contribution is -0.137. The first kappa shape index (κ1) is 14.0. The number of hydrogen-bond donors (Lipinski definition) is 1. The van der Waals surface area contributed by atoms with Gasteiger partial charge in [0, 0.05) is 0 Å². The highest BCUT2D eigenvalue weighted by atomic mass is 19.4. The van der Waals surface area contributed by atoms with Crippen LogP contribution in [0.5, 0.6) is 0 Å². The Hall–Kier alpha value is -2.03. The molecule has 0 radical (unpaired) electrons. The van der Waals surface area contributed by atoms with Gasteiger partial charge in [-0.25, -0.2) is 0 Å². The zero-order valence-corrected chi connectivity index (χ0v) is 9.58. The summed E-state index contributed by atoms with van der Waals surface area (Å²) in [5.74, 6) is -1.68. The van der Waals surface area contributed by atoms with Crippen molar-refractivity contribution >= 4 is 11.6 Å². The summed E-state index contributed by atoms with van der Waals surface area (Å²) < 4.78 is 37.9. The molecule has 0 aliphatic heterocycles. The van der Waals surface area contributed by atoms with Gasteiger partial charge in [0.05, 0.1) is 17.3 Å². The molecule has 96 valence electrons. The quantitative estimate of drug-likeness (QED) is 0.902. The third-order valence-electron chi connectivity index (χ3n) is 2.37. The van der Waals surface area contributed by atoms with Gasteiger partial charge in [-0.2, -0.15) is 18.4 Å². The maximum atomic E-state index is 12.6. The van der Waals surface area contributed by atoms with Crippen LogP contribution in [0.1, 0.15) is 18.9 Å². The van der Waals surface area contributed by atoms with Gasteiger partial charge in [0.2, 0.25) is 5.91 Å². The largest absolute Gasteiger partial charge is 0.418 e. The summed E-state index contributed by atoms with van der Waals surface area (Å²) in [7, 11) is 0. The number of nitrogens with one attached hydrogen (secondary N) is 1. The summed E-state index contributed by atoms with van der Waals surface area (Å²) in [6.07, 6.45) is -4.30. The van der Waals surface area contributed by atoms with Crippen molar-refractivity contribution in [3.63, 3.8) is 0 Å². The first-order valence-electron chi connectivity index (χ1n) is 5.26. The highest BCUT2D eigenvalue weighted by Crippen LogP contribution is 2.34. The second kappa shape index (κ2) is 5.54. The Morgan fingerprint density at radius 2 is 2.06 bits per heavy atom. The van der Waals surface area contributed by atoms with Crippen LogP contribution in [-0.2, 0) is 11.0 Å². The second-order valence-electron chi connectivity index (χ2n) is 3.62. The lowest BCUT2D eigenvalue weighted by atomic mass is 10.1. The molecule has 0 aliphatic carbocycles. The highest BCUT2D eigenvalue weighted by molar-refractivity contribution is 5.94. The number of nitriles is 1. The Balaban J connectivity index is 2.99. The van der Waals surface area contributed by atoms with E-state index in [2.05, 4.69) is 5.32 Å². The number of rotatable bonds is 3. The van der Waals surface area contributed by atoms with E-state index in [0.717, 1.165) is 12.1 Å². The number of hydrogen-bond acceptors (Lipinski definition) is 2. The van der Waals surface area contributed by atoms with Crippen LogP contribution in [0.2, 0.25) is 0 Å². The lowest BCUT2D eigenvalue weighted by Gasteiger charge is -2.14. The smallest absolute Gasteiger partial charge is 0.324 e. The first-order chi connectivity index (χ1) is 8.40. The van der Waals surface area contributed by atoms with Crippen molar-refractivity contribution in [2.75, 3.05) is 5.32 Å². The average molecular weight is 256 g/mol. The molecule has 3 nitrogen and oxygen atoms in total. The molecule has 1 unspecified atom stereocenters. The van der Waals surface area contributed by atoms with E-state index in [1.54, 1.807) is 13.0 Å². The molecule has 0 heterocycles. The molecule has 0 bridgehead atoms. The molecule has 0 saturated carbocycles. The molecule has 1 amide bonds. The lowest BCUT2D eigenvalue weighted by Crippen LogP contribution is -2.23. The number of carbonyl (C=O) groups is 1. The summed E-state index contributed by atoms with van der Waals surface area (Å²) in [6.45, 7) is 1.61. The van der Waals surface area contributed by atoms with Gasteiger partial charge in [-0.05, 0) is 18.6 Å². The third-order valence-corrected chi connectivity index (χ3v) is 2.37. The summed E-state index contributed by atoms with van der Waals surface area (Å²) >= 11 is 0. The van der Waals surface area contributed by atoms with Crippen LogP contribution >= 0.6 is 0 Å². The normalized spacial score (nSPS) is 12.6. The molecule has 1 rings (SSSR count). The first-order valence-corrected chi connectivity index (χ1v) is 5.26. The minimum Gasteiger partial charge on any atom is -0.324 e. The number of halogens is 3. The fourth-order valence-electron chi connectivity index (χ4n) is 1.39. The zero-order valence-electron chi connectivity index (χ0n) is 9.58. The van der Waals surface area contributed by atoms with E-state index in [0.29, 0.717) is 0 Å². The molecule has 1 aromatic rings. The molecule has 0 saturated heterocycles.